The van der Waals surface area contributed by atoms with E-state index in [1.165, 1.54) is 0 Å². The number of hydrogen-bond acceptors (Lipinski definition) is 3. The number of aliphatic carboxylic acids is 1. The van der Waals surface area contributed by atoms with Crippen LogP contribution < -0.4 is 0 Å². The Morgan fingerprint density at radius 3 is 2.12 bits per heavy atom. The molecule has 0 aliphatic heterocycles. The van der Waals surface area contributed by atoms with Gasteiger partial charge in [0.15, 0.2) is 0 Å². The molecule has 1 N–H and O–H groups in total. The first-order valence-corrected chi connectivity index (χ1v) is 5.20. The first kappa shape index (κ1) is 16.2. The monoisotopic (exact) mass is 257 g/mol. The van der Waals surface area contributed by atoms with Crippen LogP contribution in [0.25, 0.3) is 0 Å². The number of nitrogens with zero attached hydrogens (tertiary/aromatic N) is 1. The molecule has 0 aliphatic rings. The predicted octanol–water partition coefficient (Wildman–Crippen LogP) is 2.10. The Balaban J connectivity index is 4.17. The molecule has 7 heteroatoms. The lowest BCUT2D eigenvalue weighted by Gasteiger charge is -2.35. The summed E-state index contributed by atoms with van der Waals surface area (Å²) in [5.74, 6) is -0.976. The Morgan fingerprint density at radius 1 is 1.24 bits per heavy atom. The van der Waals surface area contributed by atoms with Crippen LogP contribution in [0.3, 0.4) is 0 Å². The van der Waals surface area contributed by atoms with E-state index in [-0.39, 0.29) is 19.5 Å². The molecule has 0 rings (SSSR count). The van der Waals surface area contributed by atoms with E-state index < -0.39 is 24.5 Å². The second-order valence-corrected chi connectivity index (χ2v) is 4.60. The molecule has 0 aromatic heterocycles. The van der Waals surface area contributed by atoms with E-state index in [9.17, 15) is 18.0 Å². The molecule has 0 aromatic carbocycles. The minimum atomic E-state index is -4.64. The average molecular weight is 257 g/mol. The minimum absolute atomic E-state index is 0.0380. The lowest BCUT2D eigenvalue weighted by Crippen LogP contribution is -2.44. The number of alkyl halides is 3. The number of carbonyl (C=O) groups is 1. The van der Waals surface area contributed by atoms with Crippen molar-refractivity contribution >= 4 is 5.97 Å². The van der Waals surface area contributed by atoms with Crippen LogP contribution in [-0.4, -0.2) is 47.6 Å². The van der Waals surface area contributed by atoms with Gasteiger partial charge in [-0.25, -0.2) is 0 Å². The maximum atomic E-state index is 11.8. The zero-order chi connectivity index (χ0) is 13.7. The molecule has 0 fully saturated rings. The van der Waals surface area contributed by atoms with E-state index in [1.807, 2.05) is 20.8 Å². The Hall–Kier alpha value is -0.820. The van der Waals surface area contributed by atoms with Crippen LogP contribution in [-0.2, 0) is 9.53 Å². The number of ether oxygens (including phenoxy) is 1. The first-order valence-electron chi connectivity index (χ1n) is 5.20. The van der Waals surface area contributed by atoms with E-state index in [2.05, 4.69) is 4.74 Å². The molecule has 0 amide bonds. The topological polar surface area (TPSA) is 49.8 Å². The summed E-state index contributed by atoms with van der Waals surface area (Å²) in [6.45, 7) is 5.16. The Morgan fingerprint density at radius 2 is 1.76 bits per heavy atom. The third-order valence-corrected chi connectivity index (χ3v) is 2.17. The summed E-state index contributed by atoms with van der Waals surface area (Å²) in [5.41, 5.74) is -0.398. The fourth-order valence-corrected chi connectivity index (χ4v) is 1.28. The highest BCUT2D eigenvalue weighted by molar-refractivity contribution is 5.66. The average Bonchev–Trinajstić information content (AvgIpc) is 2.06. The van der Waals surface area contributed by atoms with Crippen LogP contribution in [0.1, 0.15) is 27.2 Å². The quantitative estimate of drug-likeness (QED) is 0.791. The van der Waals surface area contributed by atoms with Crippen LogP contribution in [0.5, 0.6) is 0 Å². The third-order valence-electron chi connectivity index (χ3n) is 2.17. The third kappa shape index (κ3) is 8.93. The van der Waals surface area contributed by atoms with Gasteiger partial charge in [-0.3, -0.25) is 14.4 Å². The predicted molar refractivity (Wildman–Crippen MR) is 55.6 cm³/mol. The fourth-order valence-electron chi connectivity index (χ4n) is 1.28. The van der Waals surface area contributed by atoms with Crippen LogP contribution >= 0.6 is 0 Å². The summed E-state index contributed by atoms with van der Waals surface area (Å²) in [6.07, 6.45) is -4.75. The van der Waals surface area contributed by atoms with Gasteiger partial charge in [0.25, 0.3) is 0 Å². The van der Waals surface area contributed by atoms with Crippen molar-refractivity contribution < 1.29 is 27.8 Å². The molecule has 0 saturated heterocycles. The lowest BCUT2D eigenvalue weighted by atomic mass is 10.1. The maximum Gasteiger partial charge on any atom is 0.522 e. The molecule has 0 radical (unpaired) electrons. The van der Waals surface area contributed by atoms with Crippen molar-refractivity contribution in [1.29, 1.82) is 0 Å². The van der Waals surface area contributed by atoms with E-state index in [1.54, 1.807) is 4.90 Å². The van der Waals surface area contributed by atoms with Gasteiger partial charge in [-0.15, -0.1) is 13.2 Å². The second-order valence-electron chi connectivity index (χ2n) is 4.60. The standard InChI is InChI=1S/C10H18F3NO3/c1-9(2,3)14(5-4-8(15)16)6-7-17-10(11,12)13/h4-7H2,1-3H3,(H,15,16). The number of hydrogen-bond donors (Lipinski definition) is 1. The number of carboxylic acid groups (broad SMARTS) is 1. The van der Waals surface area contributed by atoms with Gasteiger partial charge >= 0.3 is 12.3 Å². The van der Waals surface area contributed by atoms with Crippen molar-refractivity contribution in [2.45, 2.75) is 39.1 Å². The van der Waals surface area contributed by atoms with Gasteiger partial charge in [0.05, 0.1) is 13.0 Å². The van der Waals surface area contributed by atoms with E-state index in [4.69, 9.17) is 5.11 Å². The highest BCUT2D eigenvalue weighted by Crippen LogP contribution is 2.18. The van der Waals surface area contributed by atoms with Gasteiger partial charge in [-0.2, -0.15) is 0 Å². The van der Waals surface area contributed by atoms with Crippen LogP contribution in [0, 0.1) is 0 Å². The molecular weight excluding hydrogens is 239 g/mol. The van der Waals surface area contributed by atoms with Gasteiger partial charge in [0.2, 0.25) is 0 Å². The molecule has 0 unspecified atom stereocenters. The number of carboxylic acids is 1. The van der Waals surface area contributed by atoms with Crippen molar-refractivity contribution in [2.24, 2.45) is 0 Å². The molecule has 0 aliphatic carbocycles. The van der Waals surface area contributed by atoms with Crippen molar-refractivity contribution in [3.05, 3.63) is 0 Å². The summed E-state index contributed by atoms with van der Waals surface area (Å²) in [6, 6.07) is 0. The van der Waals surface area contributed by atoms with Gasteiger partial charge in [0, 0.05) is 18.6 Å². The summed E-state index contributed by atoms with van der Waals surface area (Å²) in [7, 11) is 0. The van der Waals surface area contributed by atoms with Crippen molar-refractivity contribution in [2.75, 3.05) is 19.7 Å². The second kappa shape index (κ2) is 6.20. The smallest absolute Gasteiger partial charge is 0.481 e. The van der Waals surface area contributed by atoms with Crippen molar-refractivity contribution in [3.63, 3.8) is 0 Å². The SMILES string of the molecule is CC(C)(C)N(CCOC(F)(F)F)CCC(=O)O. The first-order chi connectivity index (χ1) is 7.52. The molecule has 0 atom stereocenters. The molecule has 0 saturated carbocycles. The van der Waals surface area contributed by atoms with E-state index >= 15 is 0 Å². The van der Waals surface area contributed by atoms with E-state index in [0.29, 0.717) is 0 Å². The van der Waals surface area contributed by atoms with Crippen LogP contribution in [0.2, 0.25) is 0 Å². The normalized spacial score (nSPS) is 13.1. The fraction of sp³-hybridized carbons (Fsp3) is 0.900. The Labute approximate surface area is 98.3 Å². The van der Waals surface area contributed by atoms with Gasteiger partial charge in [0.1, 0.15) is 0 Å². The van der Waals surface area contributed by atoms with Gasteiger partial charge < -0.3 is 5.11 Å². The van der Waals surface area contributed by atoms with E-state index in [0.717, 1.165) is 0 Å². The minimum Gasteiger partial charge on any atom is -0.481 e. The van der Waals surface area contributed by atoms with Crippen LogP contribution in [0.15, 0.2) is 0 Å². The number of rotatable bonds is 6. The molecule has 4 nitrogen and oxygen atoms in total. The Kier molecular flexibility index (Phi) is 5.91. The zero-order valence-electron chi connectivity index (χ0n) is 10.2. The molecule has 102 valence electrons. The highest BCUT2D eigenvalue weighted by atomic mass is 19.4. The van der Waals surface area contributed by atoms with Crippen LogP contribution in [0.4, 0.5) is 13.2 Å². The molecule has 0 bridgehead atoms. The number of halogens is 3. The molecule has 0 heterocycles. The van der Waals surface area contributed by atoms with Gasteiger partial charge in [-0.1, -0.05) is 0 Å². The van der Waals surface area contributed by atoms with Crippen molar-refractivity contribution in [1.82, 2.24) is 4.90 Å². The molecule has 0 spiro atoms. The highest BCUT2D eigenvalue weighted by Gasteiger charge is 2.30. The molecule has 17 heavy (non-hydrogen) atoms. The lowest BCUT2D eigenvalue weighted by molar-refractivity contribution is -0.325. The summed E-state index contributed by atoms with van der Waals surface area (Å²) in [4.78, 5) is 12.1. The molecular formula is C10H18F3NO3. The largest absolute Gasteiger partial charge is 0.522 e. The Bertz CT molecular complexity index is 248. The molecule has 0 aromatic rings. The summed E-state index contributed by atoms with van der Waals surface area (Å²) < 4.78 is 39.0. The van der Waals surface area contributed by atoms with Crippen molar-refractivity contribution in [3.8, 4) is 0 Å². The summed E-state index contributed by atoms with van der Waals surface area (Å²) in [5, 5.41) is 8.54. The van der Waals surface area contributed by atoms with Gasteiger partial charge in [-0.05, 0) is 20.8 Å². The maximum absolute atomic E-state index is 11.8. The zero-order valence-corrected chi connectivity index (χ0v) is 10.2. The summed E-state index contributed by atoms with van der Waals surface area (Å²) >= 11 is 0.